The van der Waals surface area contributed by atoms with Gasteiger partial charge < -0.3 is 11.1 Å². The zero-order valence-electron chi connectivity index (χ0n) is 9.77. The topological polar surface area (TPSA) is 68.0 Å². The van der Waals surface area contributed by atoms with E-state index in [-0.39, 0.29) is 5.91 Å². The number of anilines is 2. The average Bonchev–Trinajstić information content (AvgIpc) is 2.28. The number of carbonyl (C=O) groups is 1. The summed E-state index contributed by atoms with van der Waals surface area (Å²) in [7, 11) is 0. The van der Waals surface area contributed by atoms with Crippen molar-refractivity contribution in [3.8, 4) is 0 Å². The third-order valence-electron chi connectivity index (χ3n) is 2.35. The number of carbonyl (C=O) groups excluding carboxylic acids is 1. The smallest absolute Gasteiger partial charge is 0.257 e. The Hall–Kier alpha value is -1.88. The largest absolute Gasteiger partial charge is 0.384 e. The van der Waals surface area contributed by atoms with Crippen LogP contribution < -0.4 is 11.1 Å². The second-order valence-corrected chi connectivity index (χ2v) is 4.86. The van der Waals surface area contributed by atoms with Gasteiger partial charge in [-0.2, -0.15) is 0 Å². The highest BCUT2D eigenvalue weighted by Crippen LogP contribution is 2.19. The molecule has 18 heavy (non-hydrogen) atoms. The Morgan fingerprint density at radius 2 is 2.11 bits per heavy atom. The van der Waals surface area contributed by atoms with E-state index in [1.807, 2.05) is 25.1 Å². The monoisotopic (exact) mass is 305 g/mol. The Morgan fingerprint density at radius 1 is 1.33 bits per heavy atom. The van der Waals surface area contributed by atoms with Gasteiger partial charge in [-0.15, -0.1) is 0 Å². The summed E-state index contributed by atoms with van der Waals surface area (Å²) in [5.41, 5.74) is 7.75. The summed E-state index contributed by atoms with van der Waals surface area (Å²) < 4.78 is 0.924. The van der Waals surface area contributed by atoms with Gasteiger partial charge in [0, 0.05) is 16.4 Å². The number of nitrogens with two attached hydrogens (primary N) is 1. The molecule has 0 aliphatic heterocycles. The second kappa shape index (κ2) is 5.18. The standard InChI is InChI=1S/C13H12BrN3O/c1-8-4-10(14)6-11(5-8)17-13(18)9-2-3-12(15)16-7-9/h2-7H,1H3,(H2,15,16)(H,17,18). The van der Waals surface area contributed by atoms with Crippen LogP contribution in [0.3, 0.4) is 0 Å². The fourth-order valence-electron chi connectivity index (χ4n) is 1.55. The fourth-order valence-corrected chi connectivity index (χ4v) is 2.16. The van der Waals surface area contributed by atoms with Crippen molar-refractivity contribution in [1.82, 2.24) is 4.98 Å². The summed E-state index contributed by atoms with van der Waals surface area (Å²) in [6, 6.07) is 8.95. The number of amides is 1. The lowest BCUT2D eigenvalue weighted by molar-refractivity contribution is 0.102. The van der Waals surface area contributed by atoms with Crippen molar-refractivity contribution >= 4 is 33.3 Å². The van der Waals surface area contributed by atoms with Gasteiger partial charge in [0.25, 0.3) is 5.91 Å². The number of hydrogen-bond donors (Lipinski definition) is 2. The molecule has 2 rings (SSSR count). The molecule has 1 aromatic carbocycles. The quantitative estimate of drug-likeness (QED) is 0.896. The first-order valence-corrected chi connectivity index (χ1v) is 6.14. The zero-order valence-corrected chi connectivity index (χ0v) is 11.4. The molecule has 5 heteroatoms. The molecule has 0 fully saturated rings. The Labute approximate surface area is 113 Å². The van der Waals surface area contributed by atoms with Gasteiger partial charge in [0.15, 0.2) is 0 Å². The van der Waals surface area contributed by atoms with E-state index in [0.29, 0.717) is 11.4 Å². The van der Waals surface area contributed by atoms with Crippen LogP contribution in [0.2, 0.25) is 0 Å². The van der Waals surface area contributed by atoms with Crippen molar-refractivity contribution < 1.29 is 4.79 Å². The van der Waals surface area contributed by atoms with Crippen LogP contribution in [0.5, 0.6) is 0 Å². The number of pyridine rings is 1. The Kier molecular flexibility index (Phi) is 3.62. The number of halogens is 1. The first kappa shape index (κ1) is 12.6. The minimum absolute atomic E-state index is 0.208. The lowest BCUT2D eigenvalue weighted by Gasteiger charge is -2.07. The van der Waals surface area contributed by atoms with Gasteiger partial charge in [0.2, 0.25) is 0 Å². The van der Waals surface area contributed by atoms with Crippen LogP contribution in [0.15, 0.2) is 41.0 Å². The summed E-state index contributed by atoms with van der Waals surface area (Å²) in [4.78, 5) is 15.8. The number of rotatable bonds is 2. The van der Waals surface area contributed by atoms with E-state index in [0.717, 1.165) is 15.7 Å². The number of nitrogens with zero attached hydrogens (tertiary/aromatic N) is 1. The molecular weight excluding hydrogens is 294 g/mol. The molecule has 92 valence electrons. The zero-order chi connectivity index (χ0) is 13.1. The number of benzene rings is 1. The van der Waals surface area contributed by atoms with Crippen LogP contribution in [0.4, 0.5) is 11.5 Å². The predicted molar refractivity (Wildman–Crippen MR) is 75.5 cm³/mol. The van der Waals surface area contributed by atoms with Crippen LogP contribution >= 0.6 is 15.9 Å². The van der Waals surface area contributed by atoms with Crippen LogP contribution in [0.1, 0.15) is 15.9 Å². The molecule has 0 atom stereocenters. The minimum Gasteiger partial charge on any atom is -0.384 e. The molecular formula is C13H12BrN3O. The van der Waals surface area contributed by atoms with Crippen molar-refractivity contribution in [3.05, 3.63) is 52.1 Å². The maximum Gasteiger partial charge on any atom is 0.257 e. The summed E-state index contributed by atoms with van der Waals surface area (Å²) in [5, 5.41) is 2.81. The third-order valence-corrected chi connectivity index (χ3v) is 2.81. The van der Waals surface area contributed by atoms with Crippen LogP contribution in [0, 0.1) is 6.92 Å². The van der Waals surface area contributed by atoms with Gasteiger partial charge in [0.1, 0.15) is 5.82 Å². The van der Waals surface area contributed by atoms with Crippen LogP contribution in [0.25, 0.3) is 0 Å². The SMILES string of the molecule is Cc1cc(Br)cc(NC(=O)c2ccc(N)nc2)c1. The van der Waals surface area contributed by atoms with E-state index < -0.39 is 0 Å². The van der Waals surface area contributed by atoms with E-state index in [9.17, 15) is 4.79 Å². The maximum atomic E-state index is 11.9. The summed E-state index contributed by atoms with van der Waals surface area (Å²) in [6.07, 6.45) is 1.45. The van der Waals surface area contributed by atoms with Crippen molar-refractivity contribution in [3.63, 3.8) is 0 Å². The van der Waals surface area contributed by atoms with Crippen LogP contribution in [-0.4, -0.2) is 10.9 Å². The van der Waals surface area contributed by atoms with Crippen molar-refractivity contribution in [2.24, 2.45) is 0 Å². The normalized spacial score (nSPS) is 10.1. The number of aromatic nitrogens is 1. The van der Waals surface area contributed by atoms with Gasteiger partial charge in [-0.3, -0.25) is 4.79 Å². The summed E-state index contributed by atoms with van der Waals surface area (Å²) in [5.74, 6) is 0.185. The Morgan fingerprint density at radius 3 is 2.72 bits per heavy atom. The lowest BCUT2D eigenvalue weighted by atomic mass is 10.2. The molecule has 0 saturated carbocycles. The maximum absolute atomic E-state index is 11.9. The Balaban J connectivity index is 2.18. The molecule has 0 radical (unpaired) electrons. The number of aryl methyl sites for hydroxylation is 1. The molecule has 0 spiro atoms. The molecule has 1 amide bonds. The fraction of sp³-hybridized carbons (Fsp3) is 0.0769. The summed E-state index contributed by atoms with van der Waals surface area (Å²) in [6.45, 7) is 1.96. The molecule has 2 aromatic rings. The summed E-state index contributed by atoms with van der Waals surface area (Å²) >= 11 is 3.39. The van der Waals surface area contributed by atoms with Gasteiger partial charge >= 0.3 is 0 Å². The Bertz CT molecular complexity index is 561. The van der Waals surface area contributed by atoms with Gasteiger partial charge in [-0.1, -0.05) is 15.9 Å². The number of nitrogens with one attached hydrogen (secondary N) is 1. The molecule has 3 N–H and O–H groups in total. The predicted octanol–water partition coefficient (Wildman–Crippen LogP) is 2.99. The van der Waals surface area contributed by atoms with E-state index in [1.165, 1.54) is 6.20 Å². The van der Waals surface area contributed by atoms with Gasteiger partial charge in [-0.05, 0) is 42.8 Å². The second-order valence-electron chi connectivity index (χ2n) is 3.94. The molecule has 0 saturated heterocycles. The number of hydrogen-bond acceptors (Lipinski definition) is 3. The van der Waals surface area contributed by atoms with Crippen molar-refractivity contribution in [2.75, 3.05) is 11.1 Å². The van der Waals surface area contributed by atoms with Crippen molar-refractivity contribution in [2.45, 2.75) is 6.92 Å². The highest BCUT2D eigenvalue weighted by atomic mass is 79.9. The molecule has 0 unspecified atom stereocenters. The molecule has 0 aliphatic carbocycles. The van der Waals surface area contributed by atoms with Gasteiger partial charge in [0.05, 0.1) is 5.56 Å². The van der Waals surface area contributed by atoms with E-state index in [1.54, 1.807) is 12.1 Å². The first-order valence-electron chi connectivity index (χ1n) is 5.34. The first-order chi connectivity index (χ1) is 8.54. The average molecular weight is 306 g/mol. The highest BCUT2D eigenvalue weighted by Gasteiger charge is 2.07. The van der Waals surface area contributed by atoms with Crippen molar-refractivity contribution in [1.29, 1.82) is 0 Å². The van der Waals surface area contributed by atoms with Crippen LogP contribution in [-0.2, 0) is 0 Å². The minimum atomic E-state index is -0.208. The molecule has 4 nitrogen and oxygen atoms in total. The van der Waals surface area contributed by atoms with E-state index in [4.69, 9.17) is 5.73 Å². The van der Waals surface area contributed by atoms with Gasteiger partial charge in [-0.25, -0.2) is 4.98 Å². The molecule has 1 aromatic heterocycles. The lowest BCUT2D eigenvalue weighted by Crippen LogP contribution is -2.12. The molecule has 1 heterocycles. The highest BCUT2D eigenvalue weighted by molar-refractivity contribution is 9.10. The van der Waals surface area contributed by atoms with E-state index >= 15 is 0 Å². The molecule has 0 bridgehead atoms. The van der Waals surface area contributed by atoms with E-state index in [2.05, 4.69) is 26.2 Å². The third kappa shape index (κ3) is 3.07. The molecule has 0 aliphatic rings. The number of nitrogen functional groups attached to an aromatic ring is 1.